The third kappa shape index (κ3) is 7.35. The zero-order valence-corrected chi connectivity index (χ0v) is 18.1. The summed E-state index contributed by atoms with van der Waals surface area (Å²) in [4.78, 5) is 23.9. The van der Waals surface area contributed by atoms with Crippen molar-refractivity contribution in [3.8, 4) is 0 Å². The Hall–Kier alpha value is -0.340. The van der Waals surface area contributed by atoms with Gasteiger partial charge in [0.25, 0.3) is 0 Å². The van der Waals surface area contributed by atoms with Crippen LogP contribution in [0.1, 0.15) is 104 Å². The van der Waals surface area contributed by atoms with Crippen LogP contribution in [-0.2, 0) is 9.59 Å². The van der Waals surface area contributed by atoms with Crippen molar-refractivity contribution < 1.29 is 9.59 Å². The number of carbonyl (C=O) groups excluding carboxylic acids is 2. The van der Waals surface area contributed by atoms with E-state index in [9.17, 15) is 9.59 Å². The number of ketones is 2. The maximum absolute atomic E-state index is 12.6. The van der Waals surface area contributed by atoms with E-state index >= 15 is 0 Å². The van der Waals surface area contributed by atoms with Crippen LogP contribution in [0.3, 0.4) is 0 Å². The van der Waals surface area contributed by atoms with Crippen molar-refractivity contribution in [1.29, 1.82) is 0 Å². The van der Waals surface area contributed by atoms with Crippen molar-refractivity contribution in [2.45, 2.75) is 114 Å². The number of halogens is 2. The molecule has 0 N–H and O–H groups in total. The average molecular weight is 403 g/mol. The molecule has 0 bridgehead atoms. The lowest BCUT2D eigenvalue weighted by atomic mass is 9.81. The predicted octanol–water partition coefficient (Wildman–Crippen LogP) is 7.15. The number of hydrogen-bond donors (Lipinski definition) is 0. The van der Waals surface area contributed by atoms with E-state index in [0.717, 1.165) is 32.1 Å². The molecule has 0 amide bonds. The van der Waals surface area contributed by atoms with Gasteiger partial charge in [-0.2, -0.15) is 0 Å². The molecule has 0 aromatic heterocycles. The van der Waals surface area contributed by atoms with E-state index in [1.165, 1.54) is 51.0 Å². The van der Waals surface area contributed by atoms with E-state index in [4.69, 9.17) is 23.2 Å². The van der Waals surface area contributed by atoms with Gasteiger partial charge in [-0.05, 0) is 25.3 Å². The lowest BCUT2D eigenvalue weighted by Crippen LogP contribution is -2.48. The highest BCUT2D eigenvalue weighted by Gasteiger charge is 2.48. The zero-order valence-electron chi connectivity index (χ0n) is 16.6. The van der Waals surface area contributed by atoms with E-state index < -0.39 is 10.3 Å². The number of hydrogen-bond acceptors (Lipinski definition) is 2. The molecule has 2 nitrogen and oxygen atoms in total. The highest BCUT2D eigenvalue weighted by Crippen LogP contribution is 2.38. The third-order valence-corrected chi connectivity index (χ3v) is 6.63. The Balaban J connectivity index is 2.48. The van der Waals surface area contributed by atoms with E-state index in [0.29, 0.717) is 18.4 Å². The highest BCUT2D eigenvalue weighted by atomic mass is 35.5. The summed E-state index contributed by atoms with van der Waals surface area (Å²) in [5.41, 5.74) is 0.574. The van der Waals surface area contributed by atoms with Gasteiger partial charge in [-0.3, -0.25) is 9.59 Å². The largest absolute Gasteiger partial charge is 0.293 e. The van der Waals surface area contributed by atoms with Crippen molar-refractivity contribution in [3.63, 3.8) is 0 Å². The second-order valence-corrected chi connectivity index (χ2v) is 8.77. The summed E-state index contributed by atoms with van der Waals surface area (Å²) in [6, 6.07) is 0. The van der Waals surface area contributed by atoms with Crippen LogP contribution >= 0.6 is 23.2 Å². The normalized spacial score (nSPS) is 23.4. The summed E-state index contributed by atoms with van der Waals surface area (Å²) < 4.78 is 0. The molecule has 4 heteroatoms. The molecule has 0 saturated heterocycles. The SMILES string of the molecule is CCCCCCCCC1=CC(=O)C(Cl)(CCCCCCCC)C(Cl)C1=O. The molecule has 2 unspecified atom stereocenters. The van der Waals surface area contributed by atoms with Gasteiger partial charge in [0.2, 0.25) is 0 Å². The zero-order chi connectivity index (χ0) is 19.4. The first kappa shape index (κ1) is 23.7. The van der Waals surface area contributed by atoms with E-state index in [-0.39, 0.29) is 11.6 Å². The standard InChI is InChI=1S/C22H36Cl2O2/c1-3-5-7-9-11-13-15-18-17-19(25)22(24,21(23)20(18)26)16-14-12-10-8-6-4-2/h17,21H,3-16H2,1-2H3. The highest BCUT2D eigenvalue weighted by molar-refractivity contribution is 6.50. The summed E-state index contributed by atoms with van der Waals surface area (Å²) in [5.74, 6) is -0.311. The molecule has 2 atom stereocenters. The first-order chi connectivity index (χ1) is 12.5. The molecule has 1 rings (SSSR count). The quantitative estimate of drug-likeness (QED) is 0.228. The molecule has 0 fully saturated rings. The van der Waals surface area contributed by atoms with Gasteiger partial charge in [-0.15, -0.1) is 23.2 Å². The lowest BCUT2D eigenvalue weighted by molar-refractivity contribution is -0.124. The van der Waals surface area contributed by atoms with Crippen molar-refractivity contribution in [2.75, 3.05) is 0 Å². The fourth-order valence-electron chi connectivity index (χ4n) is 3.55. The minimum atomic E-state index is -1.24. The van der Waals surface area contributed by atoms with Crippen LogP contribution in [0.4, 0.5) is 0 Å². The molecule has 0 aromatic rings. The van der Waals surface area contributed by atoms with E-state index in [2.05, 4.69) is 13.8 Å². The molecule has 1 aliphatic carbocycles. The van der Waals surface area contributed by atoms with Crippen LogP contribution in [0.2, 0.25) is 0 Å². The van der Waals surface area contributed by atoms with Crippen LogP contribution in [0.25, 0.3) is 0 Å². The Kier molecular flexibility index (Phi) is 11.8. The fraction of sp³-hybridized carbons (Fsp3) is 0.818. The van der Waals surface area contributed by atoms with E-state index in [1.807, 2.05) is 0 Å². The van der Waals surface area contributed by atoms with Gasteiger partial charge in [0.1, 0.15) is 10.3 Å². The van der Waals surface area contributed by atoms with Crippen molar-refractivity contribution >= 4 is 34.8 Å². The van der Waals surface area contributed by atoms with Crippen LogP contribution in [0.15, 0.2) is 11.6 Å². The third-order valence-electron chi connectivity index (χ3n) is 5.36. The number of allylic oxidation sites excluding steroid dienone is 2. The Labute approximate surface area is 170 Å². The Morgan fingerprint density at radius 1 is 0.846 bits per heavy atom. The second-order valence-electron chi connectivity index (χ2n) is 7.66. The number of Topliss-reactive ketones (excluding diaryl/α,β-unsaturated/α-hetero) is 1. The van der Waals surface area contributed by atoms with Gasteiger partial charge in [-0.1, -0.05) is 84.5 Å². The summed E-state index contributed by atoms with van der Waals surface area (Å²) in [6.45, 7) is 4.38. The minimum absolute atomic E-state index is 0.138. The molecule has 26 heavy (non-hydrogen) atoms. The monoisotopic (exact) mass is 402 g/mol. The second kappa shape index (κ2) is 12.9. The molecular weight excluding hydrogens is 367 g/mol. The van der Waals surface area contributed by atoms with E-state index in [1.54, 1.807) is 0 Å². The van der Waals surface area contributed by atoms with Crippen LogP contribution in [-0.4, -0.2) is 21.8 Å². The number of alkyl halides is 2. The molecular formula is C22H36Cl2O2. The van der Waals surface area contributed by atoms with Gasteiger partial charge < -0.3 is 0 Å². The van der Waals surface area contributed by atoms with Crippen LogP contribution in [0.5, 0.6) is 0 Å². The maximum atomic E-state index is 12.6. The topological polar surface area (TPSA) is 34.1 Å². The first-order valence-electron chi connectivity index (χ1n) is 10.6. The van der Waals surface area contributed by atoms with Gasteiger partial charge in [0.15, 0.2) is 11.6 Å². The fourth-order valence-corrected chi connectivity index (χ4v) is 4.19. The summed E-state index contributed by atoms with van der Waals surface area (Å²) in [5, 5.41) is -0.924. The number of carbonyl (C=O) groups is 2. The molecule has 0 saturated carbocycles. The summed E-state index contributed by atoms with van der Waals surface area (Å²) in [7, 11) is 0. The number of unbranched alkanes of at least 4 members (excludes halogenated alkanes) is 10. The molecule has 150 valence electrons. The number of rotatable bonds is 14. The Morgan fingerprint density at radius 3 is 1.92 bits per heavy atom. The molecule has 0 aromatic carbocycles. The molecule has 0 radical (unpaired) electrons. The maximum Gasteiger partial charge on any atom is 0.179 e. The Bertz CT molecular complexity index is 473. The van der Waals surface area contributed by atoms with Crippen LogP contribution < -0.4 is 0 Å². The summed E-state index contributed by atoms with van der Waals surface area (Å²) in [6.07, 6.45) is 16.2. The predicted molar refractivity (Wildman–Crippen MR) is 112 cm³/mol. The van der Waals surface area contributed by atoms with Crippen molar-refractivity contribution in [1.82, 2.24) is 0 Å². The molecule has 0 spiro atoms. The molecule has 0 heterocycles. The van der Waals surface area contributed by atoms with Gasteiger partial charge in [0.05, 0.1) is 0 Å². The first-order valence-corrected chi connectivity index (χ1v) is 11.4. The van der Waals surface area contributed by atoms with Crippen LogP contribution in [0, 0.1) is 0 Å². The minimum Gasteiger partial charge on any atom is -0.293 e. The molecule has 0 aliphatic heterocycles. The van der Waals surface area contributed by atoms with Crippen molar-refractivity contribution in [3.05, 3.63) is 11.6 Å². The van der Waals surface area contributed by atoms with Gasteiger partial charge in [0, 0.05) is 5.57 Å². The summed E-state index contributed by atoms with van der Waals surface area (Å²) >= 11 is 12.9. The average Bonchev–Trinajstić information content (AvgIpc) is 2.63. The van der Waals surface area contributed by atoms with Gasteiger partial charge >= 0.3 is 0 Å². The smallest absolute Gasteiger partial charge is 0.179 e. The van der Waals surface area contributed by atoms with Crippen molar-refractivity contribution in [2.24, 2.45) is 0 Å². The Morgan fingerprint density at radius 2 is 1.35 bits per heavy atom. The molecule has 1 aliphatic rings. The van der Waals surface area contributed by atoms with Gasteiger partial charge in [-0.25, -0.2) is 0 Å². The lowest BCUT2D eigenvalue weighted by Gasteiger charge is -2.32.